The minimum absolute atomic E-state index is 0.0670. The summed E-state index contributed by atoms with van der Waals surface area (Å²) in [7, 11) is -1.87. The molecule has 1 aromatic rings. The van der Waals surface area contributed by atoms with Crippen LogP contribution < -0.4 is 5.32 Å². The van der Waals surface area contributed by atoms with Crippen LogP contribution in [0.3, 0.4) is 0 Å². The molecule has 0 aliphatic carbocycles. The number of fused-ring (bicyclic) bond motifs is 2. The molecule has 2 saturated heterocycles. The van der Waals surface area contributed by atoms with E-state index in [0.29, 0.717) is 0 Å². The fourth-order valence-electron chi connectivity index (χ4n) is 2.95. The van der Waals surface area contributed by atoms with Gasteiger partial charge in [0.2, 0.25) is 0 Å². The van der Waals surface area contributed by atoms with Crippen molar-refractivity contribution < 1.29 is 8.42 Å². The van der Waals surface area contributed by atoms with Crippen molar-refractivity contribution in [3.05, 3.63) is 6.20 Å². The Labute approximate surface area is 106 Å². The lowest BCUT2D eigenvalue weighted by molar-refractivity contribution is 0.331. The van der Waals surface area contributed by atoms with Crippen LogP contribution in [-0.2, 0) is 17.1 Å². The Hall–Kier alpha value is -0.990. The summed E-state index contributed by atoms with van der Waals surface area (Å²) in [5.74, 6) is 0. The van der Waals surface area contributed by atoms with Crippen LogP contribution in [0, 0.1) is 0 Å². The van der Waals surface area contributed by atoms with Crippen molar-refractivity contribution in [3.8, 4) is 0 Å². The summed E-state index contributed by atoms with van der Waals surface area (Å²) in [6.07, 6.45) is 4.09. The van der Waals surface area contributed by atoms with Crippen LogP contribution in [0.25, 0.3) is 0 Å². The molecular weight excluding hydrogens is 254 g/mol. The quantitative estimate of drug-likeness (QED) is 0.771. The lowest BCUT2D eigenvalue weighted by Crippen LogP contribution is -2.43. The van der Waals surface area contributed by atoms with Gasteiger partial charge in [0, 0.05) is 25.7 Å². The van der Waals surface area contributed by atoms with Gasteiger partial charge in [-0.3, -0.25) is 0 Å². The molecule has 2 aliphatic heterocycles. The van der Waals surface area contributed by atoms with Gasteiger partial charge in [-0.2, -0.15) is 4.31 Å². The van der Waals surface area contributed by atoms with Crippen molar-refractivity contribution in [1.29, 1.82) is 0 Å². The fourth-order valence-corrected chi connectivity index (χ4v) is 4.90. The fraction of sp³-hybridized carbons (Fsp3) is 0.800. The maximum atomic E-state index is 12.7. The second-order valence-electron chi connectivity index (χ2n) is 4.91. The van der Waals surface area contributed by atoms with E-state index in [-0.39, 0.29) is 17.1 Å². The topological polar surface area (TPSA) is 80.1 Å². The Bertz CT molecular complexity index is 526. The van der Waals surface area contributed by atoms with Crippen molar-refractivity contribution in [2.24, 2.45) is 7.05 Å². The molecule has 1 N–H and O–H groups in total. The number of hydrogen-bond acceptors (Lipinski definition) is 5. The van der Waals surface area contributed by atoms with Gasteiger partial charge in [-0.25, -0.2) is 13.1 Å². The molecule has 2 bridgehead atoms. The van der Waals surface area contributed by atoms with Gasteiger partial charge in [-0.1, -0.05) is 5.21 Å². The molecule has 3 rings (SSSR count). The minimum atomic E-state index is -3.48. The molecule has 0 radical (unpaired) electrons. The molecule has 100 valence electrons. The molecule has 2 atom stereocenters. The summed E-state index contributed by atoms with van der Waals surface area (Å²) in [6, 6.07) is 0.183. The number of aryl methyl sites for hydroxylation is 1. The van der Waals surface area contributed by atoms with Crippen LogP contribution in [0.5, 0.6) is 0 Å². The Morgan fingerprint density at radius 2 is 2.11 bits per heavy atom. The first-order valence-electron chi connectivity index (χ1n) is 6.19. The highest BCUT2D eigenvalue weighted by atomic mass is 32.2. The van der Waals surface area contributed by atoms with E-state index in [1.165, 1.54) is 10.9 Å². The number of sulfonamides is 1. The maximum Gasteiger partial charge on any atom is 0.262 e. The molecule has 0 spiro atoms. The van der Waals surface area contributed by atoms with Gasteiger partial charge >= 0.3 is 0 Å². The zero-order valence-corrected chi connectivity index (χ0v) is 11.1. The van der Waals surface area contributed by atoms with Crippen molar-refractivity contribution in [3.63, 3.8) is 0 Å². The van der Waals surface area contributed by atoms with Crippen LogP contribution in [0.2, 0.25) is 0 Å². The van der Waals surface area contributed by atoms with E-state index in [2.05, 4.69) is 15.6 Å². The molecule has 2 unspecified atom stereocenters. The van der Waals surface area contributed by atoms with Crippen molar-refractivity contribution >= 4 is 10.0 Å². The van der Waals surface area contributed by atoms with E-state index >= 15 is 0 Å². The molecule has 0 amide bonds. The van der Waals surface area contributed by atoms with Crippen LogP contribution in [-0.4, -0.2) is 52.9 Å². The van der Waals surface area contributed by atoms with E-state index in [1.54, 1.807) is 11.4 Å². The first-order valence-corrected chi connectivity index (χ1v) is 7.63. The van der Waals surface area contributed by atoms with Gasteiger partial charge in [0.05, 0.1) is 6.20 Å². The summed E-state index contributed by atoms with van der Waals surface area (Å²) in [4.78, 5) is 0. The number of nitrogens with one attached hydrogen (secondary N) is 1. The van der Waals surface area contributed by atoms with Crippen LogP contribution in [0.15, 0.2) is 11.2 Å². The van der Waals surface area contributed by atoms with Crippen molar-refractivity contribution in [2.75, 3.05) is 13.1 Å². The van der Waals surface area contributed by atoms with Crippen LogP contribution >= 0.6 is 0 Å². The zero-order chi connectivity index (χ0) is 12.8. The van der Waals surface area contributed by atoms with Gasteiger partial charge in [-0.05, 0) is 25.8 Å². The average Bonchev–Trinajstić information content (AvgIpc) is 2.82. The molecule has 2 fully saturated rings. The van der Waals surface area contributed by atoms with E-state index in [9.17, 15) is 8.42 Å². The number of nitrogens with zero attached hydrogens (tertiary/aromatic N) is 4. The van der Waals surface area contributed by atoms with Crippen molar-refractivity contribution in [1.82, 2.24) is 24.6 Å². The largest absolute Gasteiger partial charge is 0.315 e. The molecular formula is C10H17N5O2S. The monoisotopic (exact) mass is 271 g/mol. The Balaban J connectivity index is 2.01. The molecule has 8 heteroatoms. The Kier molecular flexibility index (Phi) is 2.87. The minimum Gasteiger partial charge on any atom is -0.315 e. The van der Waals surface area contributed by atoms with Crippen LogP contribution in [0.1, 0.15) is 19.3 Å². The lowest BCUT2D eigenvalue weighted by atomic mass is 10.1. The summed E-state index contributed by atoms with van der Waals surface area (Å²) in [5.41, 5.74) is 0. The predicted octanol–water partition coefficient (Wildman–Crippen LogP) is -0.670. The highest BCUT2D eigenvalue weighted by Gasteiger charge is 2.44. The molecule has 0 aromatic carbocycles. The molecule has 2 aliphatic rings. The third kappa shape index (κ3) is 1.75. The van der Waals surface area contributed by atoms with Gasteiger partial charge in [0.15, 0.2) is 5.03 Å². The smallest absolute Gasteiger partial charge is 0.262 e. The Morgan fingerprint density at radius 3 is 2.83 bits per heavy atom. The number of aromatic nitrogens is 3. The van der Waals surface area contributed by atoms with Gasteiger partial charge in [0.1, 0.15) is 0 Å². The van der Waals surface area contributed by atoms with Crippen LogP contribution in [0.4, 0.5) is 0 Å². The van der Waals surface area contributed by atoms with Gasteiger partial charge in [-0.15, -0.1) is 5.10 Å². The van der Waals surface area contributed by atoms with Gasteiger partial charge < -0.3 is 5.32 Å². The third-order valence-corrected chi connectivity index (χ3v) is 5.85. The molecule has 1 aromatic heterocycles. The SMILES string of the molecule is Cn1nncc1S(=O)(=O)N1C2CCNCC1CC2. The van der Waals surface area contributed by atoms with E-state index in [4.69, 9.17) is 0 Å². The summed E-state index contributed by atoms with van der Waals surface area (Å²) < 4.78 is 28.4. The second kappa shape index (κ2) is 4.29. The van der Waals surface area contributed by atoms with E-state index < -0.39 is 10.0 Å². The lowest BCUT2D eigenvalue weighted by Gasteiger charge is -2.26. The first kappa shape index (κ1) is 12.1. The number of rotatable bonds is 2. The second-order valence-corrected chi connectivity index (χ2v) is 6.70. The summed E-state index contributed by atoms with van der Waals surface area (Å²) in [5, 5.41) is 10.9. The highest BCUT2D eigenvalue weighted by Crippen LogP contribution is 2.33. The average molecular weight is 271 g/mol. The first-order chi connectivity index (χ1) is 8.60. The zero-order valence-electron chi connectivity index (χ0n) is 10.3. The molecule has 0 saturated carbocycles. The summed E-state index contributed by atoms with van der Waals surface area (Å²) in [6.45, 7) is 1.62. The molecule has 18 heavy (non-hydrogen) atoms. The highest BCUT2D eigenvalue weighted by molar-refractivity contribution is 7.89. The maximum absolute atomic E-state index is 12.7. The van der Waals surface area contributed by atoms with E-state index in [0.717, 1.165) is 32.4 Å². The molecule has 7 nitrogen and oxygen atoms in total. The summed E-state index contributed by atoms with van der Waals surface area (Å²) >= 11 is 0. The normalized spacial score (nSPS) is 29.4. The van der Waals surface area contributed by atoms with Crippen molar-refractivity contribution in [2.45, 2.75) is 36.4 Å². The number of hydrogen-bond donors (Lipinski definition) is 1. The van der Waals surface area contributed by atoms with E-state index in [1.807, 2.05) is 0 Å². The third-order valence-electron chi connectivity index (χ3n) is 3.80. The predicted molar refractivity (Wildman–Crippen MR) is 64.3 cm³/mol. The van der Waals surface area contributed by atoms with Gasteiger partial charge in [0.25, 0.3) is 10.0 Å². The standard InChI is InChI=1S/C10H17N5O2S/c1-14-10(7-12-13-14)18(16,17)15-8-2-3-9(15)6-11-5-4-8/h7-9,11H,2-6H2,1H3. The molecule has 3 heterocycles. The Morgan fingerprint density at radius 1 is 1.33 bits per heavy atom.